The van der Waals surface area contributed by atoms with Crippen LogP contribution in [0.5, 0.6) is 0 Å². The molecule has 0 aromatic heterocycles. The number of benzene rings is 1. The van der Waals surface area contributed by atoms with E-state index in [4.69, 9.17) is 5.11 Å². The van der Waals surface area contributed by atoms with Crippen LogP contribution in [-0.4, -0.2) is 68.7 Å². The smallest absolute Gasteiger partial charge is 0.0431 e. The van der Waals surface area contributed by atoms with Gasteiger partial charge in [0.05, 0.1) is 0 Å². The van der Waals surface area contributed by atoms with Gasteiger partial charge < -0.3 is 19.8 Å². The van der Waals surface area contributed by atoms with E-state index in [1.54, 1.807) is 0 Å². The first-order chi connectivity index (χ1) is 10.8. The third-order valence-electron chi connectivity index (χ3n) is 3.80. The van der Waals surface area contributed by atoms with Gasteiger partial charge in [0.2, 0.25) is 0 Å². The normalized spacial score (nSPS) is 11.9. The van der Waals surface area contributed by atoms with Crippen LogP contribution in [0.3, 0.4) is 0 Å². The van der Waals surface area contributed by atoms with Gasteiger partial charge in [-0.05, 0) is 83.8 Å². The third-order valence-corrected chi connectivity index (χ3v) is 3.80. The Morgan fingerprint density at radius 2 is 1.22 bits per heavy atom. The van der Waals surface area contributed by atoms with Crippen LogP contribution >= 0.6 is 0 Å². The fraction of sp³-hybridized carbons (Fsp3) is 0.684. The first-order valence-corrected chi connectivity index (χ1v) is 8.52. The summed E-state index contributed by atoms with van der Waals surface area (Å²) >= 11 is 0. The van der Waals surface area contributed by atoms with Crippen LogP contribution in [0.4, 0.5) is 0 Å². The molecule has 23 heavy (non-hydrogen) atoms. The lowest BCUT2D eigenvalue weighted by atomic mass is 9.92. The molecular weight excluding hydrogens is 286 g/mol. The molecule has 4 heteroatoms. The Labute approximate surface area is 142 Å². The summed E-state index contributed by atoms with van der Waals surface area (Å²) in [5.74, 6) is 0. The molecule has 0 fully saturated rings. The monoisotopic (exact) mass is 321 g/mol. The Hall–Kier alpha value is -0.940. The van der Waals surface area contributed by atoms with E-state index in [-0.39, 0.29) is 6.61 Å². The van der Waals surface area contributed by atoms with Crippen molar-refractivity contribution < 1.29 is 5.11 Å². The molecule has 0 saturated heterocycles. The minimum atomic E-state index is 0.282. The number of nitrogens with zero attached hydrogens (tertiary/aromatic N) is 3. The number of hydrogen-bond acceptors (Lipinski definition) is 4. The predicted octanol–water partition coefficient (Wildman–Crippen LogP) is 2.19. The van der Waals surface area contributed by atoms with E-state index in [1.807, 2.05) is 0 Å². The molecule has 0 saturated carbocycles. The highest BCUT2D eigenvalue weighted by Crippen LogP contribution is 2.23. The molecule has 0 bridgehead atoms. The summed E-state index contributed by atoms with van der Waals surface area (Å²) in [7, 11) is 12.7. The summed E-state index contributed by atoms with van der Waals surface area (Å²) in [5.41, 5.74) is 5.73. The lowest BCUT2D eigenvalue weighted by Gasteiger charge is -2.23. The van der Waals surface area contributed by atoms with Gasteiger partial charge in [0.25, 0.3) is 0 Å². The second kappa shape index (κ2) is 10.0. The van der Waals surface area contributed by atoms with Crippen molar-refractivity contribution in [3.8, 4) is 0 Å². The summed E-state index contributed by atoms with van der Waals surface area (Å²) in [6.45, 7) is 3.19. The van der Waals surface area contributed by atoms with Gasteiger partial charge in [0.1, 0.15) is 0 Å². The van der Waals surface area contributed by atoms with E-state index in [2.05, 4.69) is 69.1 Å². The van der Waals surface area contributed by atoms with Crippen molar-refractivity contribution in [1.82, 2.24) is 14.7 Å². The molecule has 0 aliphatic heterocycles. The maximum atomic E-state index is 9.09. The number of aliphatic hydroxyl groups excluding tert-OH is 1. The molecule has 1 aromatic rings. The Kier molecular flexibility index (Phi) is 8.77. The highest BCUT2D eigenvalue weighted by molar-refractivity contribution is 5.40. The average Bonchev–Trinajstić information content (AvgIpc) is 2.39. The standard InChI is InChI=1S/C19H35N3O/c1-20(2)13-16-11-17(14-21(3)4)19(9-7-8-10-23)18(12-16)15-22(5)6/h11-12,23H,7-10,13-15H2,1-6H3. The number of aliphatic hydroxyl groups is 1. The van der Waals surface area contributed by atoms with E-state index in [9.17, 15) is 0 Å². The van der Waals surface area contributed by atoms with Crippen LogP contribution < -0.4 is 0 Å². The summed E-state index contributed by atoms with van der Waals surface area (Å²) in [6.07, 6.45) is 2.97. The molecule has 0 aliphatic carbocycles. The number of hydrogen-bond donors (Lipinski definition) is 1. The molecule has 4 nitrogen and oxygen atoms in total. The molecule has 1 rings (SSSR count). The fourth-order valence-corrected chi connectivity index (χ4v) is 3.02. The summed E-state index contributed by atoms with van der Waals surface area (Å²) in [4.78, 5) is 6.70. The van der Waals surface area contributed by atoms with E-state index in [1.165, 1.54) is 22.3 Å². The second-order valence-corrected chi connectivity index (χ2v) is 7.29. The Bertz CT molecular complexity index is 439. The third kappa shape index (κ3) is 7.44. The zero-order chi connectivity index (χ0) is 17.4. The van der Waals surface area contributed by atoms with Crippen LogP contribution in [0.1, 0.15) is 35.1 Å². The highest BCUT2D eigenvalue weighted by Gasteiger charge is 2.13. The van der Waals surface area contributed by atoms with Crippen molar-refractivity contribution in [2.45, 2.75) is 38.9 Å². The van der Waals surface area contributed by atoms with Crippen LogP contribution in [0.15, 0.2) is 12.1 Å². The second-order valence-electron chi connectivity index (χ2n) is 7.29. The molecule has 0 aliphatic rings. The maximum Gasteiger partial charge on any atom is 0.0431 e. The SMILES string of the molecule is CN(C)Cc1cc(CN(C)C)c(CCCCO)c(CN(C)C)c1. The molecular formula is C19H35N3O. The summed E-state index contributed by atoms with van der Waals surface area (Å²) in [6, 6.07) is 4.74. The Morgan fingerprint density at radius 3 is 1.61 bits per heavy atom. The van der Waals surface area contributed by atoms with Crippen molar-refractivity contribution in [1.29, 1.82) is 0 Å². The fourth-order valence-electron chi connectivity index (χ4n) is 3.02. The Morgan fingerprint density at radius 1 is 0.739 bits per heavy atom. The summed E-state index contributed by atoms with van der Waals surface area (Å²) in [5, 5.41) is 9.09. The van der Waals surface area contributed by atoms with E-state index >= 15 is 0 Å². The topological polar surface area (TPSA) is 30.0 Å². The predicted molar refractivity (Wildman–Crippen MR) is 98.6 cm³/mol. The van der Waals surface area contributed by atoms with Gasteiger partial charge in [-0.15, -0.1) is 0 Å². The zero-order valence-corrected chi connectivity index (χ0v) is 15.9. The highest BCUT2D eigenvalue weighted by atomic mass is 16.2. The molecule has 0 atom stereocenters. The van der Waals surface area contributed by atoms with Gasteiger partial charge in [-0.2, -0.15) is 0 Å². The van der Waals surface area contributed by atoms with Gasteiger partial charge in [-0.25, -0.2) is 0 Å². The van der Waals surface area contributed by atoms with Gasteiger partial charge in [0, 0.05) is 26.2 Å². The average molecular weight is 322 g/mol. The maximum absolute atomic E-state index is 9.09. The van der Waals surface area contributed by atoms with E-state index in [0.717, 1.165) is 38.9 Å². The van der Waals surface area contributed by atoms with Crippen molar-refractivity contribution in [3.05, 3.63) is 34.4 Å². The van der Waals surface area contributed by atoms with Crippen LogP contribution in [0, 0.1) is 0 Å². The number of unbranched alkanes of at least 4 members (excludes halogenated alkanes) is 1. The van der Waals surface area contributed by atoms with Gasteiger partial charge in [-0.3, -0.25) is 0 Å². The van der Waals surface area contributed by atoms with Crippen LogP contribution in [0.2, 0.25) is 0 Å². The van der Waals surface area contributed by atoms with Crippen molar-refractivity contribution in [2.75, 3.05) is 48.9 Å². The van der Waals surface area contributed by atoms with Crippen molar-refractivity contribution >= 4 is 0 Å². The van der Waals surface area contributed by atoms with Crippen LogP contribution in [0.25, 0.3) is 0 Å². The van der Waals surface area contributed by atoms with E-state index < -0.39 is 0 Å². The largest absolute Gasteiger partial charge is 0.396 e. The van der Waals surface area contributed by atoms with E-state index in [0.29, 0.717) is 0 Å². The zero-order valence-electron chi connectivity index (χ0n) is 15.9. The lowest BCUT2D eigenvalue weighted by Crippen LogP contribution is -2.19. The van der Waals surface area contributed by atoms with Gasteiger partial charge >= 0.3 is 0 Å². The molecule has 0 spiro atoms. The molecule has 0 amide bonds. The molecule has 0 radical (unpaired) electrons. The molecule has 1 aromatic carbocycles. The first kappa shape index (κ1) is 20.1. The Balaban J connectivity index is 3.21. The summed E-state index contributed by atoms with van der Waals surface area (Å²) < 4.78 is 0. The quantitative estimate of drug-likeness (QED) is 0.669. The van der Waals surface area contributed by atoms with Crippen molar-refractivity contribution in [2.24, 2.45) is 0 Å². The van der Waals surface area contributed by atoms with Crippen molar-refractivity contribution in [3.63, 3.8) is 0 Å². The van der Waals surface area contributed by atoms with Gasteiger partial charge in [-0.1, -0.05) is 12.1 Å². The molecule has 0 heterocycles. The molecule has 132 valence electrons. The van der Waals surface area contributed by atoms with Gasteiger partial charge in [0.15, 0.2) is 0 Å². The first-order valence-electron chi connectivity index (χ1n) is 8.52. The molecule has 0 unspecified atom stereocenters. The minimum absolute atomic E-state index is 0.282. The minimum Gasteiger partial charge on any atom is -0.396 e. The van der Waals surface area contributed by atoms with Crippen LogP contribution in [-0.2, 0) is 26.1 Å². The molecule has 1 N–H and O–H groups in total. The lowest BCUT2D eigenvalue weighted by molar-refractivity contribution is 0.284. The number of rotatable bonds is 10.